The Kier molecular flexibility index (Phi) is 4.79. The molecule has 3 aromatic rings. The fourth-order valence-corrected chi connectivity index (χ4v) is 3.57. The minimum absolute atomic E-state index is 0.161. The fourth-order valence-electron chi connectivity index (χ4n) is 3.57. The van der Waals surface area contributed by atoms with E-state index in [1.165, 1.54) is 0 Å². The van der Waals surface area contributed by atoms with Crippen LogP contribution in [0.15, 0.2) is 91.0 Å². The molecule has 2 unspecified atom stereocenters. The molecule has 0 saturated heterocycles. The third-order valence-electron chi connectivity index (χ3n) is 4.75. The van der Waals surface area contributed by atoms with Gasteiger partial charge in [-0.15, -0.1) is 0 Å². The Morgan fingerprint density at radius 1 is 0.583 bits per heavy atom. The first-order valence-corrected chi connectivity index (χ1v) is 8.35. The third-order valence-corrected chi connectivity index (χ3v) is 4.75. The predicted octanol–water partition coefficient (Wildman–Crippen LogP) is 3.70. The Hall–Kier alpha value is -2.42. The fraction of sp³-hybridized carbons (Fsp3) is 0.182. The van der Waals surface area contributed by atoms with Crippen LogP contribution in [-0.2, 0) is 5.41 Å². The smallest absolute Gasteiger partial charge is 0.0617 e. The summed E-state index contributed by atoms with van der Waals surface area (Å²) < 4.78 is 0. The van der Waals surface area contributed by atoms with E-state index >= 15 is 0 Å². The van der Waals surface area contributed by atoms with Crippen molar-refractivity contribution in [1.82, 2.24) is 0 Å². The molecule has 0 bridgehead atoms. The van der Waals surface area contributed by atoms with E-state index in [4.69, 9.17) is 11.5 Å². The molecule has 2 nitrogen and oxygen atoms in total. The van der Waals surface area contributed by atoms with Crippen LogP contribution in [-0.4, -0.2) is 12.1 Å². The Morgan fingerprint density at radius 2 is 0.875 bits per heavy atom. The van der Waals surface area contributed by atoms with E-state index in [9.17, 15) is 0 Å². The zero-order valence-corrected chi connectivity index (χ0v) is 14.0. The van der Waals surface area contributed by atoms with E-state index in [2.05, 4.69) is 72.8 Å². The van der Waals surface area contributed by atoms with E-state index in [0.717, 1.165) is 16.7 Å². The quantitative estimate of drug-likeness (QED) is 0.705. The van der Waals surface area contributed by atoms with Crippen LogP contribution in [0.3, 0.4) is 0 Å². The molecular formula is C22H24N2. The number of hydrogen-bond acceptors (Lipinski definition) is 2. The Labute approximate surface area is 144 Å². The summed E-state index contributed by atoms with van der Waals surface area (Å²) in [7, 11) is 0. The lowest BCUT2D eigenvalue weighted by molar-refractivity contribution is 0.418. The van der Waals surface area contributed by atoms with Crippen molar-refractivity contribution in [3.05, 3.63) is 108 Å². The first kappa shape index (κ1) is 16.4. The third kappa shape index (κ3) is 2.75. The van der Waals surface area contributed by atoms with Gasteiger partial charge in [0.25, 0.3) is 0 Å². The maximum atomic E-state index is 6.77. The number of nitrogens with two attached hydrogens (primary N) is 2. The highest BCUT2D eigenvalue weighted by Gasteiger charge is 2.43. The van der Waals surface area contributed by atoms with E-state index in [1.807, 2.05) is 25.1 Å². The molecule has 122 valence electrons. The average molecular weight is 316 g/mol. The molecule has 0 fully saturated rings. The van der Waals surface area contributed by atoms with Gasteiger partial charge in [0.2, 0.25) is 0 Å². The summed E-state index contributed by atoms with van der Waals surface area (Å²) in [6, 6.07) is 30.9. The minimum atomic E-state index is -0.488. The molecule has 0 spiro atoms. The molecule has 4 N–H and O–H groups in total. The van der Waals surface area contributed by atoms with E-state index in [1.54, 1.807) is 0 Å². The highest BCUT2D eigenvalue weighted by molar-refractivity contribution is 5.52. The summed E-state index contributed by atoms with van der Waals surface area (Å²) in [5.74, 6) is 0. The second kappa shape index (κ2) is 7.00. The zero-order chi connectivity index (χ0) is 17.0. The lowest BCUT2D eigenvalue weighted by Gasteiger charge is -2.42. The predicted molar refractivity (Wildman–Crippen MR) is 101 cm³/mol. The van der Waals surface area contributed by atoms with Gasteiger partial charge in [0.05, 0.1) is 5.41 Å². The maximum Gasteiger partial charge on any atom is 0.0617 e. The maximum absolute atomic E-state index is 6.77. The number of hydrogen-bond donors (Lipinski definition) is 2. The van der Waals surface area contributed by atoms with Gasteiger partial charge in [0, 0.05) is 12.1 Å². The Bertz CT molecular complexity index is 655. The van der Waals surface area contributed by atoms with Crippen LogP contribution in [0.2, 0.25) is 0 Å². The van der Waals surface area contributed by atoms with Gasteiger partial charge in [-0.25, -0.2) is 0 Å². The van der Waals surface area contributed by atoms with Gasteiger partial charge >= 0.3 is 0 Å². The second-order valence-corrected chi connectivity index (χ2v) is 6.29. The first-order chi connectivity index (χ1) is 11.7. The van der Waals surface area contributed by atoms with Gasteiger partial charge in [0.15, 0.2) is 0 Å². The van der Waals surface area contributed by atoms with Crippen molar-refractivity contribution < 1.29 is 0 Å². The molecule has 3 rings (SSSR count). The zero-order valence-electron chi connectivity index (χ0n) is 14.0. The van der Waals surface area contributed by atoms with Gasteiger partial charge in [-0.1, -0.05) is 91.0 Å². The topological polar surface area (TPSA) is 52.0 Å². The lowest BCUT2D eigenvalue weighted by Crippen LogP contribution is -2.55. The first-order valence-electron chi connectivity index (χ1n) is 8.35. The summed E-state index contributed by atoms with van der Waals surface area (Å²) >= 11 is 0. The highest BCUT2D eigenvalue weighted by Crippen LogP contribution is 2.42. The molecular weight excluding hydrogens is 292 g/mol. The summed E-state index contributed by atoms with van der Waals surface area (Å²) in [6.45, 7) is 1.98. The number of rotatable bonds is 5. The van der Waals surface area contributed by atoms with Crippen LogP contribution in [0.5, 0.6) is 0 Å². The van der Waals surface area contributed by atoms with Gasteiger partial charge in [-0.3, -0.25) is 0 Å². The van der Waals surface area contributed by atoms with Gasteiger partial charge in [-0.2, -0.15) is 0 Å². The molecule has 0 aliphatic carbocycles. The number of benzene rings is 3. The van der Waals surface area contributed by atoms with Crippen LogP contribution in [0.4, 0.5) is 0 Å². The van der Waals surface area contributed by atoms with Crippen LogP contribution < -0.4 is 11.5 Å². The summed E-state index contributed by atoms with van der Waals surface area (Å²) in [4.78, 5) is 0. The van der Waals surface area contributed by atoms with Crippen molar-refractivity contribution in [2.45, 2.75) is 24.4 Å². The van der Waals surface area contributed by atoms with Crippen molar-refractivity contribution in [2.24, 2.45) is 11.5 Å². The largest absolute Gasteiger partial charge is 0.326 e. The lowest BCUT2D eigenvalue weighted by atomic mass is 9.63. The van der Waals surface area contributed by atoms with Crippen LogP contribution in [0.25, 0.3) is 0 Å². The molecule has 24 heavy (non-hydrogen) atoms. The molecule has 0 aromatic heterocycles. The van der Waals surface area contributed by atoms with Gasteiger partial charge in [0.1, 0.15) is 0 Å². The molecule has 2 heteroatoms. The van der Waals surface area contributed by atoms with Gasteiger partial charge < -0.3 is 11.5 Å². The Balaban J connectivity index is 2.37. The summed E-state index contributed by atoms with van der Waals surface area (Å²) in [6.07, 6.45) is 0. The van der Waals surface area contributed by atoms with E-state index < -0.39 is 5.41 Å². The molecule has 3 aromatic carbocycles. The van der Waals surface area contributed by atoms with Crippen molar-refractivity contribution in [1.29, 1.82) is 0 Å². The van der Waals surface area contributed by atoms with Crippen molar-refractivity contribution >= 4 is 0 Å². The van der Waals surface area contributed by atoms with Crippen molar-refractivity contribution in [3.8, 4) is 0 Å². The molecule has 2 atom stereocenters. The molecule has 0 aliphatic heterocycles. The average Bonchev–Trinajstić information content (AvgIpc) is 2.65. The van der Waals surface area contributed by atoms with E-state index in [0.29, 0.717) is 0 Å². The minimum Gasteiger partial charge on any atom is -0.326 e. The van der Waals surface area contributed by atoms with Crippen molar-refractivity contribution in [2.75, 3.05) is 0 Å². The SMILES string of the molecule is CC(N)C(N)C(c1ccccc1)(c1ccccc1)c1ccccc1. The highest BCUT2D eigenvalue weighted by atomic mass is 14.8. The second-order valence-electron chi connectivity index (χ2n) is 6.29. The van der Waals surface area contributed by atoms with Crippen LogP contribution >= 0.6 is 0 Å². The molecule has 0 radical (unpaired) electrons. The van der Waals surface area contributed by atoms with Gasteiger partial charge in [-0.05, 0) is 23.6 Å². The molecule has 0 heterocycles. The molecule has 0 saturated carbocycles. The molecule has 0 amide bonds. The monoisotopic (exact) mass is 316 g/mol. The standard InChI is InChI=1S/C22H24N2/c1-17(23)21(24)22(18-11-5-2-6-12-18,19-13-7-3-8-14-19)20-15-9-4-10-16-20/h2-17,21H,23-24H2,1H3. The summed E-state index contributed by atoms with van der Waals surface area (Å²) in [5.41, 5.74) is 16.1. The molecule has 0 aliphatic rings. The van der Waals surface area contributed by atoms with Crippen molar-refractivity contribution in [3.63, 3.8) is 0 Å². The van der Waals surface area contributed by atoms with Crippen LogP contribution in [0, 0.1) is 0 Å². The van der Waals surface area contributed by atoms with Crippen LogP contribution in [0.1, 0.15) is 23.6 Å². The summed E-state index contributed by atoms with van der Waals surface area (Å²) in [5, 5.41) is 0. The normalized spacial score (nSPS) is 14.1. The Morgan fingerprint density at radius 3 is 1.12 bits per heavy atom. The van der Waals surface area contributed by atoms with E-state index in [-0.39, 0.29) is 12.1 Å².